The van der Waals surface area contributed by atoms with Crippen molar-refractivity contribution in [2.45, 2.75) is 32.7 Å². The van der Waals surface area contributed by atoms with Gasteiger partial charge in [-0.05, 0) is 19.4 Å². The van der Waals surface area contributed by atoms with Gasteiger partial charge in [0.15, 0.2) is 0 Å². The first-order valence-corrected chi connectivity index (χ1v) is 6.98. The van der Waals surface area contributed by atoms with Gasteiger partial charge in [-0.1, -0.05) is 24.9 Å². The molecule has 1 aliphatic rings. The normalized spacial score (nSPS) is 23.9. The highest BCUT2D eigenvalue weighted by Crippen LogP contribution is 2.36. The van der Waals surface area contributed by atoms with Gasteiger partial charge < -0.3 is 9.67 Å². The Morgan fingerprint density at radius 2 is 2.37 bits per heavy atom. The van der Waals surface area contributed by atoms with E-state index < -0.39 is 11.4 Å². The number of carboxylic acids is 1. The number of rotatable bonds is 5. The molecule has 1 saturated heterocycles. The Morgan fingerprint density at radius 3 is 2.89 bits per heavy atom. The molecule has 19 heavy (non-hydrogen) atoms. The average molecular weight is 286 g/mol. The molecule has 1 fully saturated rings. The number of carboxylic acid groups (broad SMARTS) is 1. The number of hydrogen-bond acceptors (Lipinski definition) is 3. The highest BCUT2D eigenvalue weighted by molar-refractivity contribution is 6.29. The van der Waals surface area contributed by atoms with E-state index in [2.05, 4.69) is 9.88 Å². The lowest BCUT2D eigenvalue weighted by atomic mass is 9.83. The number of nitrogens with zero attached hydrogens (tertiary/aromatic N) is 3. The Kier molecular flexibility index (Phi) is 4.16. The quantitative estimate of drug-likeness (QED) is 0.901. The van der Waals surface area contributed by atoms with Crippen molar-refractivity contribution < 1.29 is 9.90 Å². The van der Waals surface area contributed by atoms with Gasteiger partial charge in [-0.3, -0.25) is 9.69 Å². The van der Waals surface area contributed by atoms with E-state index in [-0.39, 0.29) is 0 Å². The molecule has 0 saturated carbocycles. The van der Waals surface area contributed by atoms with Crippen LogP contribution in [0, 0.1) is 5.41 Å². The Morgan fingerprint density at radius 1 is 1.63 bits per heavy atom. The summed E-state index contributed by atoms with van der Waals surface area (Å²) < 4.78 is 1.84. The van der Waals surface area contributed by atoms with E-state index >= 15 is 0 Å². The molecular formula is C13H20ClN3O2. The summed E-state index contributed by atoms with van der Waals surface area (Å²) in [7, 11) is 1.87. The molecular weight excluding hydrogens is 266 g/mol. The van der Waals surface area contributed by atoms with E-state index in [4.69, 9.17) is 11.6 Å². The number of likely N-dealkylation sites (tertiary alicyclic amines) is 1. The van der Waals surface area contributed by atoms with Crippen LogP contribution in [0.15, 0.2) is 6.20 Å². The number of hydrogen-bond donors (Lipinski definition) is 1. The van der Waals surface area contributed by atoms with E-state index in [1.165, 1.54) is 0 Å². The van der Waals surface area contributed by atoms with Crippen molar-refractivity contribution in [3.05, 3.63) is 17.2 Å². The maximum Gasteiger partial charge on any atom is 0.310 e. The second-order valence-corrected chi connectivity index (χ2v) is 5.74. The van der Waals surface area contributed by atoms with Gasteiger partial charge in [0.05, 0.1) is 18.2 Å². The summed E-state index contributed by atoms with van der Waals surface area (Å²) >= 11 is 5.96. The summed E-state index contributed by atoms with van der Waals surface area (Å²) in [6, 6.07) is 0. The van der Waals surface area contributed by atoms with Gasteiger partial charge in [0.1, 0.15) is 11.0 Å². The second kappa shape index (κ2) is 5.51. The van der Waals surface area contributed by atoms with Crippen LogP contribution in [0.5, 0.6) is 0 Å². The van der Waals surface area contributed by atoms with Crippen LogP contribution in [0.2, 0.25) is 5.15 Å². The molecule has 1 unspecified atom stereocenters. The number of aliphatic carboxylic acids is 1. The van der Waals surface area contributed by atoms with E-state index in [9.17, 15) is 9.90 Å². The van der Waals surface area contributed by atoms with E-state index in [0.717, 1.165) is 25.2 Å². The molecule has 1 N–H and O–H groups in total. The number of halogens is 1. The van der Waals surface area contributed by atoms with Crippen LogP contribution in [0.1, 0.15) is 32.0 Å². The van der Waals surface area contributed by atoms with Gasteiger partial charge >= 0.3 is 5.97 Å². The minimum absolute atomic E-state index is 0.580. The number of carbonyl (C=O) groups is 1. The summed E-state index contributed by atoms with van der Waals surface area (Å²) in [6.07, 6.45) is 3.98. The summed E-state index contributed by atoms with van der Waals surface area (Å²) in [5.41, 5.74) is -0.580. The van der Waals surface area contributed by atoms with E-state index in [0.29, 0.717) is 24.7 Å². The van der Waals surface area contributed by atoms with Gasteiger partial charge in [0.25, 0.3) is 0 Å². The molecule has 106 valence electrons. The molecule has 0 spiro atoms. The smallest absolute Gasteiger partial charge is 0.310 e. The largest absolute Gasteiger partial charge is 0.481 e. The summed E-state index contributed by atoms with van der Waals surface area (Å²) in [4.78, 5) is 17.9. The van der Waals surface area contributed by atoms with Crippen LogP contribution < -0.4 is 0 Å². The Hall–Kier alpha value is -1.07. The van der Waals surface area contributed by atoms with E-state index in [1.54, 1.807) is 6.20 Å². The Balaban J connectivity index is 2.05. The maximum absolute atomic E-state index is 11.5. The molecule has 1 atom stereocenters. The van der Waals surface area contributed by atoms with Crippen LogP contribution in [0.4, 0.5) is 0 Å². The van der Waals surface area contributed by atoms with Crippen molar-refractivity contribution in [3.63, 3.8) is 0 Å². The number of imidazole rings is 1. The SMILES string of the molecule is CCCC1(C(=O)O)CCN(Cc2ncc(Cl)n2C)C1. The topological polar surface area (TPSA) is 58.4 Å². The fourth-order valence-electron chi connectivity index (χ4n) is 2.83. The zero-order valence-electron chi connectivity index (χ0n) is 11.4. The van der Waals surface area contributed by atoms with Crippen LogP contribution in [0.25, 0.3) is 0 Å². The third kappa shape index (κ3) is 2.77. The van der Waals surface area contributed by atoms with Gasteiger partial charge in [-0.25, -0.2) is 4.98 Å². The third-order valence-corrected chi connectivity index (χ3v) is 4.36. The molecule has 1 aromatic heterocycles. The highest BCUT2D eigenvalue weighted by atomic mass is 35.5. The monoisotopic (exact) mass is 285 g/mol. The van der Waals surface area contributed by atoms with Crippen molar-refractivity contribution in [1.29, 1.82) is 0 Å². The number of aromatic nitrogens is 2. The molecule has 0 aromatic carbocycles. The third-order valence-electron chi connectivity index (χ3n) is 4.01. The zero-order valence-corrected chi connectivity index (χ0v) is 12.2. The molecule has 1 aromatic rings. The predicted octanol–water partition coefficient (Wildman–Crippen LogP) is 2.15. The lowest BCUT2D eigenvalue weighted by molar-refractivity contribution is -0.148. The maximum atomic E-state index is 11.5. The predicted molar refractivity (Wildman–Crippen MR) is 73.1 cm³/mol. The van der Waals surface area contributed by atoms with Gasteiger partial charge in [-0.15, -0.1) is 0 Å². The lowest BCUT2D eigenvalue weighted by Gasteiger charge is -2.24. The molecule has 6 heteroatoms. The summed E-state index contributed by atoms with van der Waals surface area (Å²) in [5.74, 6) is 0.206. The van der Waals surface area contributed by atoms with E-state index in [1.807, 2.05) is 18.5 Å². The molecule has 2 heterocycles. The highest BCUT2D eigenvalue weighted by Gasteiger charge is 2.43. The average Bonchev–Trinajstić information content (AvgIpc) is 2.90. The molecule has 5 nitrogen and oxygen atoms in total. The Bertz CT molecular complexity index is 474. The molecule has 0 aliphatic carbocycles. The molecule has 2 rings (SSSR count). The van der Waals surface area contributed by atoms with Crippen molar-refractivity contribution in [1.82, 2.24) is 14.5 Å². The van der Waals surface area contributed by atoms with Crippen LogP contribution >= 0.6 is 11.6 Å². The van der Waals surface area contributed by atoms with Gasteiger partial charge in [0.2, 0.25) is 0 Å². The first-order chi connectivity index (χ1) is 8.98. The Labute approximate surface area is 118 Å². The van der Waals surface area contributed by atoms with Crippen LogP contribution in [0.3, 0.4) is 0 Å². The van der Waals surface area contributed by atoms with Crippen molar-refractivity contribution in [3.8, 4) is 0 Å². The fraction of sp³-hybridized carbons (Fsp3) is 0.692. The van der Waals surface area contributed by atoms with Crippen LogP contribution in [-0.4, -0.2) is 38.6 Å². The molecule has 1 aliphatic heterocycles. The zero-order chi connectivity index (χ0) is 14.0. The molecule has 0 amide bonds. The van der Waals surface area contributed by atoms with Crippen LogP contribution in [-0.2, 0) is 18.4 Å². The van der Waals surface area contributed by atoms with Crippen molar-refractivity contribution in [2.75, 3.05) is 13.1 Å². The lowest BCUT2D eigenvalue weighted by Crippen LogP contribution is -2.34. The van der Waals surface area contributed by atoms with Crippen molar-refractivity contribution in [2.24, 2.45) is 12.5 Å². The van der Waals surface area contributed by atoms with Gasteiger partial charge in [-0.2, -0.15) is 0 Å². The first kappa shape index (κ1) is 14.3. The first-order valence-electron chi connectivity index (χ1n) is 6.60. The summed E-state index contributed by atoms with van der Waals surface area (Å²) in [6.45, 7) is 4.09. The minimum atomic E-state index is -0.672. The summed E-state index contributed by atoms with van der Waals surface area (Å²) in [5, 5.41) is 10.1. The van der Waals surface area contributed by atoms with Gasteiger partial charge in [0, 0.05) is 13.6 Å². The minimum Gasteiger partial charge on any atom is -0.481 e. The standard InChI is InChI=1S/C13H20ClN3O2/c1-3-4-13(12(18)19)5-6-17(9-13)8-11-15-7-10(14)16(11)2/h7H,3-6,8-9H2,1-2H3,(H,18,19). The molecule has 0 bridgehead atoms. The fourth-order valence-corrected chi connectivity index (χ4v) is 2.97. The molecule has 0 radical (unpaired) electrons. The second-order valence-electron chi connectivity index (χ2n) is 5.35. The van der Waals surface area contributed by atoms with Crippen molar-refractivity contribution >= 4 is 17.6 Å².